The van der Waals surface area contributed by atoms with Gasteiger partial charge in [0.25, 0.3) is 5.91 Å². The van der Waals surface area contributed by atoms with Gasteiger partial charge in [0.05, 0.1) is 17.5 Å². The third kappa shape index (κ3) is 5.90. The third-order valence-corrected chi connectivity index (χ3v) is 7.43. The van der Waals surface area contributed by atoms with Gasteiger partial charge in [-0.25, -0.2) is 4.98 Å². The van der Waals surface area contributed by atoms with Crippen LogP contribution in [0.4, 0.5) is 19.0 Å². The number of anilines is 1. The van der Waals surface area contributed by atoms with Crippen LogP contribution in [-0.4, -0.2) is 40.4 Å². The number of fused-ring (bicyclic) bond motifs is 1. The summed E-state index contributed by atoms with van der Waals surface area (Å²) in [6, 6.07) is 14.0. The molecular weight excluding hydrogens is 501 g/mol. The molecule has 5 nitrogen and oxygen atoms in total. The number of alkyl halides is 3. The third-order valence-electron chi connectivity index (χ3n) is 7.19. The van der Waals surface area contributed by atoms with Gasteiger partial charge in [-0.05, 0) is 67.3 Å². The second-order valence-electron chi connectivity index (χ2n) is 9.78. The number of piperidine rings is 1. The highest BCUT2D eigenvalue weighted by Crippen LogP contribution is 2.35. The van der Waals surface area contributed by atoms with Crippen molar-refractivity contribution in [2.24, 2.45) is 5.92 Å². The standard InChI is InChI=1S/C28H28ClF3N4O/c29-22-8-9-23(28(30,31)32)21(16-22)18-36-12-4-7-24-26(36)34-25(17-33-24)27(37)35-13-10-20(11-14-35)15-19-5-2-1-3-6-19/h1-3,5-6,8-9,16-17,20H,4,7,10-15,18H2. The average molecular weight is 529 g/mol. The van der Waals surface area contributed by atoms with E-state index in [1.165, 1.54) is 23.9 Å². The van der Waals surface area contributed by atoms with Crippen molar-refractivity contribution in [3.05, 3.63) is 87.8 Å². The molecule has 0 atom stereocenters. The molecule has 37 heavy (non-hydrogen) atoms. The first kappa shape index (κ1) is 25.5. The molecule has 3 heterocycles. The summed E-state index contributed by atoms with van der Waals surface area (Å²) >= 11 is 6.03. The minimum Gasteiger partial charge on any atom is -0.351 e. The number of carbonyl (C=O) groups excluding carboxylic acids is 1. The molecule has 0 bridgehead atoms. The van der Waals surface area contributed by atoms with Gasteiger partial charge in [-0.2, -0.15) is 13.2 Å². The Labute approximate surface area is 219 Å². The molecule has 1 saturated heterocycles. The molecule has 5 rings (SSSR count). The van der Waals surface area contributed by atoms with Crippen LogP contribution in [0.3, 0.4) is 0 Å². The summed E-state index contributed by atoms with van der Waals surface area (Å²) in [7, 11) is 0. The zero-order valence-electron chi connectivity index (χ0n) is 20.3. The van der Waals surface area contributed by atoms with Gasteiger partial charge in [0.1, 0.15) is 5.69 Å². The highest BCUT2D eigenvalue weighted by atomic mass is 35.5. The van der Waals surface area contributed by atoms with Crippen LogP contribution >= 0.6 is 11.6 Å². The topological polar surface area (TPSA) is 49.3 Å². The molecule has 3 aromatic rings. The van der Waals surface area contributed by atoms with Gasteiger partial charge >= 0.3 is 6.18 Å². The molecule has 2 aliphatic rings. The van der Waals surface area contributed by atoms with Crippen LogP contribution < -0.4 is 4.90 Å². The number of amides is 1. The second-order valence-corrected chi connectivity index (χ2v) is 10.2. The van der Waals surface area contributed by atoms with Crippen LogP contribution in [0.5, 0.6) is 0 Å². The Bertz CT molecular complexity index is 1260. The predicted octanol–water partition coefficient (Wildman–Crippen LogP) is 6.20. The van der Waals surface area contributed by atoms with E-state index in [9.17, 15) is 18.0 Å². The summed E-state index contributed by atoms with van der Waals surface area (Å²) < 4.78 is 40.8. The monoisotopic (exact) mass is 528 g/mol. The van der Waals surface area contributed by atoms with Gasteiger partial charge in [0.15, 0.2) is 5.82 Å². The Morgan fingerprint density at radius 2 is 1.81 bits per heavy atom. The van der Waals surface area contributed by atoms with Gasteiger partial charge in [-0.1, -0.05) is 41.9 Å². The van der Waals surface area contributed by atoms with E-state index in [4.69, 9.17) is 11.6 Å². The van der Waals surface area contributed by atoms with Crippen molar-refractivity contribution < 1.29 is 18.0 Å². The molecule has 0 aliphatic carbocycles. The van der Waals surface area contributed by atoms with E-state index in [-0.39, 0.29) is 28.7 Å². The Balaban J connectivity index is 1.30. The Morgan fingerprint density at radius 1 is 1.05 bits per heavy atom. The van der Waals surface area contributed by atoms with Crippen molar-refractivity contribution in [2.45, 2.75) is 44.8 Å². The maximum atomic E-state index is 13.6. The normalized spacial score (nSPS) is 16.5. The van der Waals surface area contributed by atoms with Crippen molar-refractivity contribution in [2.75, 3.05) is 24.5 Å². The summed E-state index contributed by atoms with van der Waals surface area (Å²) in [5.74, 6) is 0.818. The molecule has 0 N–H and O–H groups in total. The largest absolute Gasteiger partial charge is 0.416 e. The van der Waals surface area contributed by atoms with E-state index in [1.807, 2.05) is 23.1 Å². The van der Waals surface area contributed by atoms with Crippen LogP contribution in [0, 0.1) is 5.92 Å². The Hall–Kier alpha value is -3.13. The number of hydrogen-bond donors (Lipinski definition) is 0. The molecular formula is C28H28ClF3N4O. The molecule has 194 valence electrons. The van der Waals surface area contributed by atoms with Crippen molar-refractivity contribution >= 4 is 23.3 Å². The first-order chi connectivity index (χ1) is 17.8. The van der Waals surface area contributed by atoms with Crippen LogP contribution in [0.2, 0.25) is 5.02 Å². The number of aromatic nitrogens is 2. The van der Waals surface area contributed by atoms with Gasteiger partial charge < -0.3 is 9.80 Å². The number of hydrogen-bond acceptors (Lipinski definition) is 4. The average Bonchev–Trinajstić information content (AvgIpc) is 2.89. The zero-order valence-corrected chi connectivity index (χ0v) is 21.1. The number of rotatable bonds is 5. The Kier molecular flexibility index (Phi) is 7.38. The number of likely N-dealkylation sites (tertiary alicyclic amines) is 1. The van der Waals surface area contributed by atoms with Gasteiger partial charge in [0.2, 0.25) is 0 Å². The molecule has 0 saturated carbocycles. The van der Waals surface area contributed by atoms with Crippen molar-refractivity contribution in [3.8, 4) is 0 Å². The maximum Gasteiger partial charge on any atom is 0.416 e. The Morgan fingerprint density at radius 3 is 2.54 bits per heavy atom. The van der Waals surface area contributed by atoms with Gasteiger partial charge in [-0.15, -0.1) is 0 Å². The lowest BCUT2D eigenvalue weighted by Crippen LogP contribution is -2.40. The van der Waals surface area contributed by atoms with Crippen LogP contribution in [-0.2, 0) is 25.6 Å². The number of carbonyl (C=O) groups is 1. The quantitative estimate of drug-likeness (QED) is 0.396. The number of benzene rings is 2. The summed E-state index contributed by atoms with van der Waals surface area (Å²) in [4.78, 5) is 26.0. The first-order valence-corrected chi connectivity index (χ1v) is 13.0. The van der Waals surface area contributed by atoms with Crippen LogP contribution in [0.25, 0.3) is 0 Å². The lowest BCUT2D eigenvalue weighted by atomic mass is 9.90. The summed E-state index contributed by atoms with van der Waals surface area (Å²) in [6.07, 6.45) is 1.25. The van der Waals surface area contributed by atoms with Crippen LogP contribution in [0.15, 0.2) is 54.7 Å². The van der Waals surface area contributed by atoms with E-state index in [0.29, 0.717) is 43.5 Å². The zero-order chi connectivity index (χ0) is 26.0. The number of halogens is 4. The minimum absolute atomic E-state index is 0.0143. The molecule has 9 heteroatoms. The van der Waals surface area contributed by atoms with E-state index in [1.54, 1.807) is 4.90 Å². The highest BCUT2D eigenvalue weighted by Gasteiger charge is 2.34. The SMILES string of the molecule is O=C(c1cnc2c(n1)N(Cc1cc(Cl)ccc1C(F)(F)F)CCC2)N1CCC(Cc2ccccc2)CC1. The van der Waals surface area contributed by atoms with Crippen molar-refractivity contribution in [3.63, 3.8) is 0 Å². The first-order valence-electron chi connectivity index (χ1n) is 12.6. The van der Waals surface area contributed by atoms with Crippen molar-refractivity contribution in [1.29, 1.82) is 0 Å². The molecule has 0 radical (unpaired) electrons. The maximum absolute atomic E-state index is 13.6. The molecule has 1 fully saturated rings. The lowest BCUT2D eigenvalue weighted by molar-refractivity contribution is -0.138. The molecule has 1 aromatic heterocycles. The van der Waals surface area contributed by atoms with Gasteiger partial charge in [0, 0.05) is 31.2 Å². The highest BCUT2D eigenvalue weighted by molar-refractivity contribution is 6.30. The van der Waals surface area contributed by atoms with E-state index >= 15 is 0 Å². The second kappa shape index (κ2) is 10.7. The van der Waals surface area contributed by atoms with Crippen molar-refractivity contribution in [1.82, 2.24) is 14.9 Å². The molecule has 2 aromatic carbocycles. The number of aryl methyl sites for hydroxylation is 1. The fraction of sp³-hybridized carbons (Fsp3) is 0.393. The predicted molar refractivity (Wildman–Crippen MR) is 137 cm³/mol. The van der Waals surface area contributed by atoms with Gasteiger partial charge in [-0.3, -0.25) is 9.78 Å². The molecule has 2 aliphatic heterocycles. The summed E-state index contributed by atoms with van der Waals surface area (Å²) in [5, 5.41) is 0.242. The number of nitrogens with zero attached hydrogens (tertiary/aromatic N) is 4. The minimum atomic E-state index is -4.49. The summed E-state index contributed by atoms with van der Waals surface area (Å²) in [6.45, 7) is 1.81. The summed E-state index contributed by atoms with van der Waals surface area (Å²) in [5.41, 5.74) is 1.59. The molecule has 1 amide bonds. The molecule has 0 spiro atoms. The smallest absolute Gasteiger partial charge is 0.351 e. The fourth-order valence-corrected chi connectivity index (χ4v) is 5.45. The molecule has 0 unspecified atom stereocenters. The lowest BCUT2D eigenvalue weighted by Gasteiger charge is -2.33. The fourth-order valence-electron chi connectivity index (χ4n) is 5.26. The van der Waals surface area contributed by atoms with Crippen LogP contribution in [0.1, 0.15) is 52.1 Å². The van der Waals surface area contributed by atoms with E-state index in [0.717, 1.165) is 31.7 Å². The van der Waals surface area contributed by atoms with E-state index in [2.05, 4.69) is 22.1 Å². The van der Waals surface area contributed by atoms with E-state index < -0.39 is 11.7 Å².